The zero-order valence-corrected chi connectivity index (χ0v) is 11.6. The second-order valence-corrected chi connectivity index (χ2v) is 6.69. The van der Waals surface area contributed by atoms with Crippen molar-refractivity contribution in [2.24, 2.45) is 5.73 Å². The molecule has 19 heavy (non-hydrogen) atoms. The smallest absolute Gasteiger partial charge is 0.243 e. The van der Waals surface area contributed by atoms with E-state index in [1.165, 1.54) is 28.6 Å². The Labute approximate surface area is 113 Å². The van der Waals surface area contributed by atoms with Gasteiger partial charge in [-0.2, -0.15) is 4.31 Å². The van der Waals surface area contributed by atoms with E-state index in [0.717, 1.165) is 25.7 Å². The van der Waals surface area contributed by atoms with E-state index in [4.69, 9.17) is 5.73 Å². The van der Waals surface area contributed by atoms with E-state index in [9.17, 15) is 12.8 Å². The Morgan fingerprint density at radius 3 is 2.63 bits per heavy atom. The SMILES string of the molecule is NCCCC1CCCN1S(=O)(=O)c1ccc(F)cc1. The second kappa shape index (κ2) is 5.98. The van der Waals surface area contributed by atoms with E-state index < -0.39 is 15.8 Å². The summed E-state index contributed by atoms with van der Waals surface area (Å²) < 4.78 is 39.4. The van der Waals surface area contributed by atoms with Crippen molar-refractivity contribution >= 4 is 10.0 Å². The summed E-state index contributed by atoms with van der Waals surface area (Å²) in [7, 11) is -3.51. The highest BCUT2D eigenvalue weighted by Crippen LogP contribution is 2.28. The molecule has 0 bridgehead atoms. The highest BCUT2D eigenvalue weighted by atomic mass is 32.2. The molecule has 0 saturated carbocycles. The van der Waals surface area contributed by atoms with Crippen LogP contribution in [0.2, 0.25) is 0 Å². The summed E-state index contributed by atoms with van der Waals surface area (Å²) >= 11 is 0. The first-order valence-electron chi connectivity index (χ1n) is 6.53. The maximum Gasteiger partial charge on any atom is 0.243 e. The molecule has 1 heterocycles. The first kappa shape index (κ1) is 14.4. The Kier molecular flexibility index (Phi) is 4.54. The maximum absolute atomic E-state index is 12.9. The molecule has 1 unspecified atom stereocenters. The number of sulfonamides is 1. The van der Waals surface area contributed by atoms with Crippen LogP contribution in [0, 0.1) is 5.82 Å². The van der Waals surface area contributed by atoms with Crippen LogP contribution in [0.5, 0.6) is 0 Å². The molecule has 4 nitrogen and oxygen atoms in total. The molecule has 1 aromatic rings. The topological polar surface area (TPSA) is 63.4 Å². The van der Waals surface area contributed by atoms with Gasteiger partial charge in [-0.15, -0.1) is 0 Å². The van der Waals surface area contributed by atoms with E-state index >= 15 is 0 Å². The molecular weight excluding hydrogens is 267 g/mol. The Morgan fingerprint density at radius 2 is 2.00 bits per heavy atom. The highest BCUT2D eigenvalue weighted by molar-refractivity contribution is 7.89. The Bertz CT molecular complexity index is 516. The van der Waals surface area contributed by atoms with Gasteiger partial charge in [0.1, 0.15) is 5.82 Å². The largest absolute Gasteiger partial charge is 0.330 e. The van der Waals surface area contributed by atoms with Crippen LogP contribution in [0.3, 0.4) is 0 Å². The van der Waals surface area contributed by atoms with Crippen molar-refractivity contribution in [2.45, 2.75) is 36.6 Å². The average molecular weight is 286 g/mol. The summed E-state index contributed by atoms with van der Waals surface area (Å²) in [6, 6.07) is 5.03. The van der Waals surface area contributed by atoms with Crippen LogP contribution in [-0.2, 0) is 10.0 Å². The summed E-state index contributed by atoms with van der Waals surface area (Å²) in [5.41, 5.74) is 5.48. The van der Waals surface area contributed by atoms with E-state index in [2.05, 4.69) is 0 Å². The predicted molar refractivity (Wildman–Crippen MR) is 71.6 cm³/mol. The standard InChI is InChI=1S/C13H19FN2O2S/c14-11-5-7-13(8-6-11)19(17,18)16-10-2-4-12(16)3-1-9-15/h5-8,12H,1-4,9-10,15H2. The minimum Gasteiger partial charge on any atom is -0.330 e. The molecule has 0 aliphatic carbocycles. The fraction of sp³-hybridized carbons (Fsp3) is 0.538. The summed E-state index contributed by atoms with van der Waals surface area (Å²) in [6.07, 6.45) is 3.35. The number of nitrogens with zero attached hydrogens (tertiary/aromatic N) is 1. The third-order valence-corrected chi connectivity index (χ3v) is 5.45. The lowest BCUT2D eigenvalue weighted by molar-refractivity contribution is 0.365. The van der Waals surface area contributed by atoms with Gasteiger partial charge >= 0.3 is 0 Å². The Morgan fingerprint density at radius 1 is 1.32 bits per heavy atom. The molecule has 1 aliphatic heterocycles. The molecule has 0 amide bonds. The molecule has 1 fully saturated rings. The van der Waals surface area contributed by atoms with Gasteiger partial charge in [-0.05, 0) is 56.5 Å². The van der Waals surface area contributed by atoms with Gasteiger partial charge in [-0.1, -0.05) is 0 Å². The van der Waals surface area contributed by atoms with Gasteiger partial charge in [0.05, 0.1) is 4.90 Å². The number of benzene rings is 1. The van der Waals surface area contributed by atoms with Crippen LogP contribution in [0.25, 0.3) is 0 Å². The second-order valence-electron chi connectivity index (χ2n) is 4.80. The monoisotopic (exact) mass is 286 g/mol. The van der Waals surface area contributed by atoms with E-state index in [1.807, 2.05) is 0 Å². The molecule has 2 N–H and O–H groups in total. The van der Waals surface area contributed by atoms with Crippen molar-refractivity contribution in [2.75, 3.05) is 13.1 Å². The molecule has 2 rings (SSSR count). The van der Waals surface area contributed by atoms with Crippen LogP contribution >= 0.6 is 0 Å². The van der Waals surface area contributed by atoms with Gasteiger partial charge in [0.15, 0.2) is 0 Å². The minimum atomic E-state index is -3.51. The van der Waals surface area contributed by atoms with Crippen molar-refractivity contribution in [3.05, 3.63) is 30.1 Å². The van der Waals surface area contributed by atoms with Gasteiger partial charge < -0.3 is 5.73 Å². The van der Waals surface area contributed by atoms with Crippen molar-refractivity contribution in [1.29, 1.82) is 0 Å². The molecule has 0 aromatic heterocycles. The summed E-state index contributed by atoms with van der Waals surface area (Å²) in [6.45, 7) is 1.11. The van der Waals surface area contributed by atoms with Gasteiger partial charge in [0, 0.05) is 12.6 Å². The molecule has 1 saturated heterocycles. The Hall–Kier alpha value is -0.980. The lowest BCUT2D eigenvalue weighted by atomic mass is 10.1. The molecule has 106 valence electrons. The molecule has 1 atom stereocenters. The molecule has 1 aliphatic rings. The fourth-order valence-corrected chi connectivity index (χ4v) is 4.23. The molecule has 0 spiro atoms. The Balaban J connectivity index is 2.21. The van der Waals surface area contributed by atoms with Crippen molar-refractivity contribution in [1.82, 2.24) is 4.31 Å². The lowest BCUT2D eigenvalue weighted by Gasteiger charge is -2.24. The van der Waals surface area contributed by atoms with Gasteiger partial charge in [0.25, 0.3) is 0 Å². The van der Waals surface area contributed by atoms with Crippen LogP contribution in [0.4, 0.5) is 4.39 Å². The van der Waals surface area contributed by atoms with Crippen molar-refractivity contribution in [3.8, 4) is 0 Å². The summed E-state index contributed by atoms with van der Waals surface area (Å²) in [4.78, 5) is 0.161. The third-order valence-electron chi connectivity index (χ3n) is 3.48. The van der Waals surface area contributed by atoms with Gasteiger partial charge in [-0.3, -0.25) is 0 Å². The summed E-state index contributed by atoms with van der Waals surface area (Å²) in [5.74, 6) is -0.431. The quantitative estimate of drug-likeness (QED) is 0.896. The first-order chi connectivity index (χ1) is 9.05. The van der Waals surface area contributed by atoms with E-state index in [1.54, 1.807) is 0 Å². The molecule has 0 radical (unpaired) electrons. The van der Waals surface area contributed by atoms with Crippen molar-refractivity contribution in [3.63, 3.8) is 0 Å². The number of hydrogen-bond acceptors (Lipinski definition) is 3. The zero-order chi connectivity index (χ0) is 13.9. The van der Waals surface area contributed by atoms with E-state index in [-0.39, 0.29) is 10.9 Å². The minimum absolute atomic E-state index is 0.0265. The average Bonchev–Trinajstić information content (AvgIpc) is 2.86. The van der Waals surface area contributed by atoms with Crippen LogP contribution < -0.4 is 5.73 Å². The fourth-order valence-electron chi connectivity index (χ4n) is 2.51. The van der Waals surface area contributed by atoms with Crippen molar-refractivity contribution < 1.29 is 12.8 Å². The molecular formula is C13H19FN2O2S. The van der Waals surface area contributed by atoms with E-state index in [0.29, 0.717) is 13.1 Å². The predicted octanol–water partition coefficient (Wildman–Crippen LogP) is 1.72. The number of nitrogens with two attached hydrogens (primary N) is 1. The maximum atomic E-state index is 12.9. The van der Waals surface area contributed by atoms with Gasteiger partial charge in [-0.25, -0.2) is 12.8 Å². The van der Waals surface area contributed by atoms with Gasteiger partial charge in [0.2, 0.25) is 10.0 Å². The first-order valence-corrected chi connectivity index (χ1v) is 7.97. The summed E-state index contributed by atoms with van der Waals surface area (Å²) in [5, 5.41) is 0. The lowest BCUT2D eigenvalue weighted by Crippen LogP contribution is -2.35. The normalized spacial score (nSPS) is 20.8. The van der Waals surface area contributed by atoms with Crippen LogP contribution in [0.1, 0.15) is 25.7 Å². The van der Waals surface area contributed by atoms with Crippen LogP contribution in [-0.4, -0.2) is 31.9 Å². The van der Waals surface area contributed by atoms with Crippen LogP contribution in [0.15, 0.2) is 29.2 Å². The number of halogens is 1. The number of rotatable bonds is 5. The molecule has 6 heteroatoms. The molecule has 1 aromatic carbocycles. The number of hydrogen-bond donors (Lipinski definition) is 1. The zero-order valence-electron chi connectivity index (χ0n) is 10.8. The highest BCUT2D eigenvalue weighted by Gasteiger charge is 2.34. The third kappa shape index (κ3) is 3.13.